The number of aryl methyl sites for hydroxylation is 1. The topological polar surface area (TPSA) is 73.0 Å². The van der Waals surface area contributed by atoms with Crippen LogP contribution in [0, 0.1) is 16.0 Å². The Balaban J connectivity index is 2.56. The summed E-state index contributed by atoms with van der Waals surface area (Å²) in [6, 6.07) is 0.206. The van der Waals surface area contributed by atoms with Gasteiger partial charge in [0.05, 0.1) is 0 Å². The van der Waals surface area contributed by atoms with E-state index in [9.17, 15) is 10.1 Å². The number of nitrogens with one attached hydrogen (secondary N) is 1. The fourth-order valence-corrected chi connectivity index (χ4v) is 1.86. The first kappa shape index (κ1) is 14.5. The van der Waals surface area contributed by atoms with Gasteiger partial charge >= 0.3 is 5.82 Å². The molecule has 0 bridgehead atoms. The zero-order valence-corrected chi connectivity index (χ0v) is 11.5. The number of hydrogen-bond acceptors (Lipinski definition) is 4. The Hall–Kier alpha value is -1.59. The fraction of sp³-hybridized carbons (Fsp3) is 0.750. The van der Waals surface area contributed by atoms with Crippen molar-refractivity contribution in [1.29, 1.82) is 0 Å². The Morgan fingerprint density at radius 3 is 2.67 bits per heavy atom. The number of aromatic nitrogens is 2. The smallest absolute Gasteiger partial charge is 0.362 e. The van der Waals surface area contributed by atoms with Crippen molar-refractivity contribution in [1.82, 2.24) is 9.55 Å². The van der Waals surface area contributed by atoms with Gasteiger partial charge in [0, 0.05) is 13.1 Å². The summed E-state index contributed by atoms with van der Waals surface area (Å²) in [5.41, 5.74) is 0. The maximum Gasteiger partial charge on any atom is 0.406 e. The van der Waals surface area contributed by atoms with E-state index in [0.29, 0.717) is 11.7 Å². The van der Waals surface area contributed by atoms with E-state index >= 15 is 0 Å². The van der Waals surface area contributed by atoms with Crippen LogP contribution in [0.5, 0.6) is 0 Å². The van der Waals surface area contributed by atoms with Crippen LogP contribution in [0.15, 0.2) is 6.33 Å². The number of nitro groups is 1. The summed E-state index contributed by atoms with van der Waals surface area (Å²) in [6.07, 6.45) is 4.76. The third-order valence-corrected chi connectivity index (χ3v) is 2.89. The first-order chi connectivity index (χ1) is 8.41. The van der Waals surface area contributed by atoms with Crippen molar-refractivity contribution >= 4 is 11.6 Å². The molecule has 0 saturated heterocycles. The lowest BCUT2D eigenvalue weighted by molar-refractivity contribution is -0.388. The molecule has 0 spiro atoms. The maximum atomic E-state index is 10.8. The predicted molar refractivity (Wildman–Crippen MR) is 71.6 cm³/mol. The molecule has 1 atom stereocenters. The Bertz CT molecular complexity index is 401. The molecule has 0 aliphatic carbocycles. The van der Waals surface area contributed by atoms with Gasteiger partial charge in [-0.1, -0.05) is 26.7 Å². The summed E-state index contributed by atoms with van der Waals surface area (Å²) in [4.78, 5) is 14.1. The van der Waals surface area contributed by atoms with Crippen molar-refractivity contribution in [2.75, 3.05) is 5.32 Å². The first-order valence-electron chi connectivity index (χ1n) is 6.34. The number of imidazole rings is 1. The Morgan fingerprint density at radius 1 is 1.44 bits per heavy atom. The molecule has 102 valence electrons. The van der Waals surface area contributed by atoms with Crippen LogP contribution in [0.4, 0.5) is 11.6 Å². The molecular weight excluding hydrogens is 232 g/mol. The van der Waals surface area contributed by atoms with Crippen LogP contribution in [-0.4, -0.2) is 20.5 Å². The van der Waals surface area contributed by atoms with Gasteiger partial charge in [-0.3, -0.25) is 4.57 Å². The molecule has 0 aliphatic rings. The predicted octanol–water partition coefficient (Wildman–Crippen LogP) is 2.96. The van der Waals surface area contributed by atoms with E-state index in [1.807, 2.05) is 6.92 Å². The van der Waals surface area contributed by atoms with Crippen molar-refractivity contribution in [2.24, 2.45) is 13.0 Å². The van der Waals surface area contributed by atoms with Gasteiger partial charge in [-0.2, -0.15) is 0 Å². The molecule has 0 radical (unpaired) electrons. The highest BCUT2D eigenvalue weighted by atomic mass is 16.6. The SMILES string of the molecule is CC(C)CCCC(C)Nc1c([N+](=O)[O-])ncn1C. The van der Waals surface area contributed by atoms with E-state index < -0.39 is 4.92 Å². The van der Waals surface area contributed by atoms with Crippen LogP contribution in [0.1, 0.15) is 40.0 Å². The molecule has 6 nitrogen and oxygen atoms in total. The minimum Gasteiger partial charge on any atom is -0.362 e. The molecule has 1 unspecified atom stereocenters. The van der Waals surface area contributed by atoms with Gasteiger partial charge in [0.2, 0.25) is 12.1 Å². The van der Waals surface area contributed by atoms with Crippen molar-refractivity contribution in [3.8, 4) is 0 Å². The lowest BCUT2D eigenvalue weighted by atomic mass is 10.0. The molecule has 1 N–H and O–H groups in total. The van der Waals surface area contributed by atoms with Crippen LogP contribution < -0.4 is 5.32 Å². The average Bonchev–Trinajstić information content (AvgIpc) is 2.60. The molecule has 1 aromatic rings. The molecule has 6 heteroatoms. The monoisotopic (exact) mass is 254 g/mol. The second-order valence-electron chi connectivity index (χ2n) is 5.15. The van der Waals surface area contributed by atoms with Crippen molar-refractivity contribution in [3.05, 3.63) is 16.4 Å². The van der Waals surface area contributed by atoms with Gasteiger partial charge in [-0.15, -0.1) is 0 Å². The molecule has 0 saturated carbocycles. The highest BCUT2D eigenvalue weighted by Crippen LogP contribution is 2.22. The molecule has 1 heterocycles. The normalized spacial score (nSPS) is 12.7. The number of nitrogens with zero attached hydrogens (tertiary/aromatic N) is 3. The van der Waals surface area contributed by atoms with Gasteiger partial charge in [-0.05, 0) is 29.2 Å². The van der Waals surface area contributed by atoms with Crippen molar-refractivity contribution < 1.29 is 4.92 Å². The average molecular weight is 254 g/mol. The highest BCUT2D eigenvalue weighted by Gasteiger charge is 2.21. The highest BCUT2D eigenvalue weighted by molar-refractivity contribution is 5.52. The van der Waals surface area contributed by atoms with E-state index in [2.05, 4.69) is 24.1 Å². The number of rotatable bonds is 7. The maximum absolute atomic E-state index is 10.8. The third kappa shape index (κ3) is 4.01. The molecule has 1 rings (SSSR count). The zero-order valence-electron chi connectivity index (χ0n) is 11.5. The summed E-state index contributed by atoms with van der Waals surface area (Å²) in [5.74, 6) is 1.08. The van der Waals surface area contributed by atoms with Gasteiger partial charge in [0.25, 0.3) is 0 Å². The lowest BCUT2D eigenvalue weighted by Crippen LogP contribution is -2.18. The Labute approximate surface area is 108 Å². The molecule has 0 aromatic carbocycles. The van der Waals surface area contributed by atoms with Crippen molar-refractivity contribution in [2.45, 2.75) is 46.1 Å². The number of anilines is 1. The van der Waals surface area contributed by atoms with E-state index in [4.69, 9.17) is 0 Å². The molecule has 1 aromatic heterocycles. The summed E-state index contributed by atoms with van der Waals surface area (Å²) in [5, 5.41) is 14.0. The summed E-state index contributed by atoms with van der Waals surface area (Å²) < 4.78 is 1.65. The zero-order chi connectivity index (χ0) is 13.7. The Kier molecular flexibility index (Phi) is 5.12. The van der Waals surface area contributed by atoms with Gasteiger partial charge in [0.1, 0.15) is 0 Å². The fourth-order valence-electron chi connectivity index (χ4n) is 1.86. The van der Waals surface area contributed by atoms with Crippen LogP contribution >= 0.6 is 0 Å². The lowest BCUT2D eigenvalue weighted by Gasteiger charge is -2.15. The quantitative estimate of drug-likeness (QED) is 0.599. The van der Waals surface area contributed by atoms with Crippen LogP contribution in [0.25, 0.3) is 0 Å². The van der Waals surface area contributed by atoms with Crippen LogP contribution in [0.2, 0.25) is 0 Å². The minimum absolute atomic E-state index is 0.104. The summed E-state index contributed by atoms with van der Waals surface area (Å²) in [7, 11) is 1.75. The van der Waals surface area contributed by atoms with Gasteiger partial charge in [-0.25, -0.2) is 0 Å². The van der Waals surface area contributed by atoms with E-state index in [1.54, 1.807) is 11.6 Å². The molecular formula is C12H22N4O2. The minimum atomic E-state index is -0.455. The van der Waals surface area contributed by atoms with E-state index in [0.717, 1.165) is 12.8 Å². The second-order valence-corrected chi connectivity index (χ2v) is 5.15. The van der Waals surface area contributed by atoms with Crippen molar-refractivity contribution in [3.63, 3.8) is 0 Å². The van der Waals surface area contributed by atoms with Gasteiger partial charge < -0.3 is 15.4 Å². The molecule has 18 heavy (non-hydrogen) atoms. The van der Waals surface area contributed by atoms with E-state index in [1.165, 1.54) is 12.7 Å². The first-order valence-corrected chi connectivity index (χ1v) is 6.34. The van der Waals surface area contributed by atoms with Gasteiger partial charge in [0.15, 0.2) is 0 Å². The third-order valence-electron chi connectivity index (χ3n) is 2.89. The second kappa shape index (κ2) is 6.37. The number of hydrogen-bond donors (Lipinski definition) is 1. The Morgan fingerprint density at radius 2 is 2.11 bits per heavy atom. The van der Waals surface area contributed by atoms with Crippen LogP contribution in [0.3, 0.4) is 0 Å². The molecule has 0 fully saturated rings. The van der Waals surface area contributed by atoms with Crippen LogP contribution in [-0.2, 0) is 7.05 Å². The largest absolute Gasteiger partial charge is 0.406 e. The van der Waals surface area contributed by atoms with E-state index in [-0.39, 0.29) is 11.9 Å². The molecule has 0 amide bonds. The summed E-state index contributed by atoms with van der Waals surface area (Å²) >= 11 is 0. The summed E-state index contributed by atoms with van der Waals surface area (Å²) in [6.45, 7) is 6.44. The molecule has 0 aliphatic heterocycles. The standard InChI is InChI=1S/C12H22N4O2/c1-9(2)6-5-7-10(3)14-12-11(16(17)18)13-8-15(12)4/h8-10,14H,5-7H2,1-4H3.